The van der Waals surface area contributed by atoms with Gasteiger partial charge in [0, 0.05) is 46.4 Å². The second kappa shape index (κ2) is 9.88. The molecule has 0 bridgehead atoms. The fourth-order valence-corrected chi connectivity index (χ4v) is 1.79. The van der Waals surface area contributed by atoms with E-state index in [4.69, 9.17) is 10.8 Å². The van der Waals surface area contributed by atoms with Crippen LogP contribution in [0.3, 0.4) is 0 Å². The zero-order chi connectivity index (χ0) is 17.3. The van der Waals surface area contributed by atoms with Gasteiger partial charge >= 0.3 is 5.97 Å². The van der Waals surface area contributed by atoms with Crippen molar-refractivity contribution >= 4 is 23.6 Å². The molecule has 0 rings (SSSR count). The van der Waals surface area contributed by atoms with Crippen LogP contribution in [0.1, 0.15) is 33.1 Å². The molecular weight excluding hydrogens is 290 g/mol. The second-order valence-corrected chi connectivity index (χ2v) is 5.26. The predicted molar refractivity (Wildman–Crippen MR) is 80.0 cm³/mol. The maximum absolute atomic E-state index is 12.0. The van der Waals surface area contributed by atoms with Crippen LogP contribution in [0.25, 0.3) is 0 Å². The average Bonchev–Trinajstić information content (AvgIpc) is 2.42. The maximum Gasteiger partial charge on any atom is 0.303 e. The summed E-state index contributed by atoms with van der Waals surface area (Å²) >= 11 is 0. The first-order valence-electron chi connectivity index (χ1n) is 7.12. The van der Waals surface area contributed by atoms with E-state index in [9.17, 15) is 19.2 Å². The van der Waals surface area contributed by atoms with Crippen molar-refractivity contribution < 1.29 is 24.3 Å². The summed E-state index contributed by atoms with van der Waals surface area (Å²) in [6.45, 7) is 3.75. The SMILES string of the molecule is CC(=O)CCN(CCN(C)C(=O)[C@@H](N)CCC(=O)O)C(C)=O. The third-order valence-corrected chi connectivity index (χ3v) is 3.25. The number of likely N-dealkylation sites (N-methyl/N-ethyl adjacent to an activating group) is 1. The van der Waals surface area contributed by atoms with Crippen LogP contribution >= 0.6 is 0 Å². The first-order valence-corrected chi connectivity index (χ1v) is 7.12. The molecule has 8 nitrogen and oxygen atoms in total. The molecule has 0 radical (unpaired) electrons. The minimum atomic E-state index is -1.00. The van der Waals surface area contributed by atoms with Gasteiger partial charge in [0.15, 0.2) is 0 Å². The van der Waals surface area contributed by atoms with Crippen LogP contribution in [0.2, 0.25) is 0 Å². The first kappa shape index (κ1) is 20.0. The standard InChI is InChI=1S/C14H25N3O5/c1-10(18)6-7-17(11(2)19)9-8-16(3)14(22)12(15)4-5-13(20)21/h12H,4-9,15H2,1-3H3,(H,20,21)/t12-/m0/s1. The molecule has 0 fully saturated rings. The Hall–Kier alpha value is -1.96. The van der Waals surface area contributed by atoms with Crippen molar-refractivity contribution in [1.82, 2.24) is 9.80 Å². The molecule has 0 aromatic rings. The summed E-state index contributed by atoms with van der Waals surface area (Å²) in [7, 11) is 1.55. The van der Waals surface area contributed by atoms with Gasteiger partial charge in [0.05, 0.1) is 6.04 Å². The molecule has 0 spiro atoms. The number of nitrogens with two attached hydrogens (primary N) is 1. The number of Topliss-reactive ketones (excluding diaryl/α,β-unsaturated/α-hetero) is 1. The van der Waals surface area contributed by atoms with Crippen molar-refractivity contribution in [1.29, 1.82) is 0 Å². The Labute approximate surface area is 130 Å². The third kappa shape index (κ3) is 8.35. The van der Waals surface area contributed by atoms with Crippen molar-refractivity contribution in [3.63, 3.8) is 0 Å². The summed E-state index contributed by atoms with van der Waals surface area (Å²) in [4.78, 5) is 47.7. The van der Waals surface area contributed by atoms with Crippen LogP contribution in [0.5, 0.6) is 0 Å². The molecule has 0 aliphatic carbocycles. The predicted octanol–water partition coefficient (Wildman–Crippen LogP) is -0.535. The van der Waals surface area contributed by atoms with Crippen molar-refractivity contribution in [3.05, 3.63) is 0 Å². The van der Waals surface area contributed by atoms with Gasteiger partial charge in [-0.15, -0.1) is 0 Å². The lowest BCUT2D eigenvalue weighted by Gasteiger charge is -2.26. The van der Waals surface area contributed by atoms with E-state index >= 15 is 0 Å². The van der Waals surface area contributed by atoms with E-state index in [0.29, 0.717) is 13.1 Å². The number of carbonyl (C=O) groups excluding carboxylic acids is 3. The van der Waals surface area contributed by atoms with Crippen LogP contribution in [0, 0.1) is 0 Å². The molecule has 0 aromatic heterocycles. The number of rotatable bonds is 10. The monoisotopic (exact) mass is 315 g/mol. The molecule has 3 N–H and O–H groups in total. The largest absolute Gasteiger partial charge is 0.481 e. The third-order valence-electron chi connectivity index (χ3n) is 3.25. The Balaban J connectivity index is 4.34. The van der Waals surface area contributed by atoms with Gasteiger partial charge in [-0.2, -0.15) is 0 Å². The molecule has 22 heavy (non-hydrogen) atoms. The number of ketones is 1. The fraction of sp³-hybridized carbons (Fsp3) is 0.714. The Bertz CT molecular complexity index is 425. The van der Waals surface area contributed by atoms with Gasteiger partial charge in [-0.3, -0.25) is 19.2 Å². The molecule has 0 aliphatic rings. The van der Waals surface area contributed by atoms with Crippen LogP contribution in [-0.4, -0.2) is 71.2 Å². The highest BCUT2D eigenvalue weighted by molar-refractivity contribution is 5.82. The second-order valence-electron chi connectivity index (χ2n) is 5.26. The van der Waals surface area contributed by atoms with E-state index in [2.05, 4.69) is 0 Å². The minimum Gasteiger partial charge on any atom is -0.481 e. The van der Waals surface area contributed by atoms with Gasteiger partial charge in [-0.25, -0.2) is 0 Å². The number of amides is 2. The molecule has 0 aromatic carbocycles. The average molecular weight is 315 g/mol. The lowest BCUT2D eigenvalue weighted by Crippen LogP contribution is -2.45. The van der Waals surface area contributed by atoms with Crippen LogP contribution < -0.4 is 5.73 Å². The van der Waals surface area contributed by atoms with Gasteiger partial charge in [-0.1, -0.05) is 0 Å². The lowest BCUT2D eigenvalue weighted by molar-refractivity contribution is -0.138. The molecule has 1 atom stereocenters. The van der Waals surface area contributed by atoms with E-state index in [1.165, 1.54) is 23.6 Å². The van der Waals surface area contributed by atoms with Gasteiger partial charge in [0.2, 0.25) is 11.8 Å². The smallest absolute Gasteiger partial charge is 0.303 e. The number of hydrogen-bond acceptors (Lipinski definition) is 5. The zero-order valence-corrected chi connectivity index (χ0v) is 13.4. The van der Waals surface area contributed by atoms with Gasteiger partial charge in [-0.05, 0) is 13.3 Å². The van der Waals surface area contributed by atoms with E-state index < -0.39 is 12.0 Å². The summed E-state index contributed by atoms with van der Waals surface area (Å²) in [6.07, 6.45) is 0.174. The maximum atomic E-state index is 12.0. The highest BCUT2D eigenvalue weighted by Crippen LogP contribution is 2.01. The summed E-state index contributed by atoms with van der Waals surface area (Å²) in [5.74, 6) is -1.54. The lowest BCUT2D eigenvalue weighted by atomic mass is 10.1. The molecule has 0 aliphatic heterocycles. The molecule has 126 valence electrons. The van der Waals surface area contributed by atoms with E-state index in [0.717, 1.165) is 0 Å². The summed E-state index contributed by atoms with van der Waals surface area (Å²) in [6, 6.07) is -0.871. The minimum absolute atomic E-state index is 0.00799. The Morgan fingerprint density at radius 1 is 1.05 bits per heavy atom. The Morgan fingerprint density at radius 3 is 2.09 bits per heavy atom. The quantitative estimate of drug-likeness (QED) is 0.559. The molecule has 0 unspecified atom stereocenters. The number of aliphatic carboxylic acids is 1. The number of carboxylic acid groups (broad SMARTS) is 1. The molecule has 8 heteroatoms. The van der Waals surface area contributed by atoms with E-state index in [-0.39, 0.29) is 43.4 Å². The van der Waals surface area contributed by atoms with Gasteiger partial charge in [0.1, 0.15) is 5.78 Å². The zero-order valence-electron chi connectivity index (χ0n) is 13.4. The van der Waals surface area contributed by atoms with Gasteiger partial charge in [0.25, 0.3) is 0 Å². The van der Waals surface area contributed by atoms with Crippen LogP contribution in [0.15, 0.2) is 0 Å². The summed E-state index contributed by atoms with van der Waals surface area (Å²) in [5, 5.41) is 8.57. The van der Waals surface area contributed by atoms with Crippen molar-refractivity contribution in [2.45, 2.75) is 39.2 Å². The topological polar surface area (TPSA) is 121 Å². The highest BCUT2D eigenvalue weighted by Gasteiger charge is 2.20. The first-order chi connectivity index (χ1) is 10.1. The summed E-state index contributed by atoms with van der Waals surface area (Å²) < 4.78 is 0. The van der Waals surface area contributed by atoms with Crippen LogP contribution in [0.4, 0.5) is 0 Å². The van der Waals surface area contributed by atoms with E-state index in [1.54, 1.807) is 7.05 Å². The van der Waals surface area contributed by atoms with Gasteiger partial charge < -0.3 is 20.6 Å². The normalized spacial score (nSPS) is 11.6. The van der Waals surface area contributed by atoms with E-state index in [1.807, 2.05) is 0 Å². The van der Waals surface area contributed by atoms with Crippen molar-refractivity contribution in [3.8, 4) is 0 Å². The molecule has 0 heterocycles. The fourth-order valence-electron chi connectivity index (χ4n) is 1.79. The highest BCUT2D eigenvalue weighted by atomic mass is 16.4. The number of carboxylic acids is 1. The molecular formula is C14H25N3O5. The molecule has 0 saturated heterocycles. The Kier molecular flexibility index (Phi) is 9.00. The molecule has 2 amide bonds. The number of carbonyl (C=O) groups is 4. The van der Waals surface area contributed by atoms with Crippen molar-refractivity contribution in [2.24, 2.45) is 5.73 Å². The number of hydrogen-bond donors (Lipinski definition) is 2. The number of nitrogens with zero attached hydrogens (tertiary/aromatic N) is 2. The molecule has 0 saturated carbocycles. The Morgan fingerprint density at radius 2 is 1.64 bits per heavy atom. The van der Waals surface area contributed by atoms with Crippen LogP contribution in [-0.2, 0) is 19.2 Å². The summed E-state index contributed by atoms with van der Waals surface area (Å²) in [5.41, 5.74) is 5.65. The van der Waals surface area contributed by atoms with Crippen molar-refractivity contribution in [2.75, 3.05) is 26.7 Å².